The molecule has 3 aromatic heterocycles. The molecule has 2 N–H and O–H groups in total. The fourth-order valence-electron chi connectivity index (χ4n) is 6.31. The topological polar surface area (TPSA) is 119 Å². The zero-order valence-corrected chi connectivity index (χ0v) is 25.0. The van der Waals surface area contributed by atoms with Gasteiger partial charge in [0.15, 0.2) is 5.82 Å². The van der Waals surface area contributed by atoms with Crippen LogP contribution in [0.4, 0.5) is 14.6 Å². The van der Waals surface area contributed by atoms with Crippen LogP contribution < -0.4 is 10.0 Å². The van der Waals surface area contributed by atoms with Gasteiger partial charge in [-0.15, -0.1) is 0 Å². The van der Waals surface area contributed by atoms with Crippen molar-refractivity contribution < 1.29 is 22.0 Å². The highest BCUT2D eigenvalue weighted by Gasteiger charge is 2.34. The monoisotopic (exact) mass is 611 g/mol. The van der Waals surface area contributed by atoms with E-state index in [9.17, 15) is 22.0 Å². The van der Waals surface area contributed by atoms with Crippen molar-refractivity contribution in [1.82, 2.24) is 24.0 Å². The smallest absolute Gasteiger partial charge is 0.329 e. The summed E-state index contributed by atoms with van der Waals surface area (Å²) in [6.45, 7) is 0.536. The predicted octanol–water partition coefficient (Wildman–Crippen LogP) is 4.66. The highest BCUT2D eigenvalue weighted by molar-refractivity contribution is 7.92. The van der Waals surface area contributed by atoms with Gasteiger partial charge in [0, 0.05) is 42.7 Å². The van der Waals surface area contributed by atoms with E-state index in [-0.39, 0.29) is 28.1 Å². The molecule has 0 spiro atoms. The maximum atomic E-state index is 13.9. The van der Waals surface area contributed by atoms with E-state index in [1.165, 1.54) is 6.07 Å². The summed E-state index contributed by atoms with van der Waals surface area (Å²) in [6.07, 6.45) is 6.66. The summed E-state index contributed by atoms with van der Waals surface area (Å²) in [5.74, 6) is 0.794. The van der Waals surface area contributed by atoms with Crippen LogP contribution in [0.1, 0.15) is 60.5 Å². The standard InChI is InChI=1S/C30H35F2N7O3S/c1-17-12-24-23(14-22(17)29(40)36-11-3-4-20(33)16-36)34-28(38(24)21-8-9-21)25-13-19-7-10-26(39(30(31)32)43(2,41)42)35-27(19)37(25)15-18-5-6-18/h7,10,12-14,18,20-21,30H,3-6,8-9,11,15-16,33H2,1-2H3/t20-/m1/s1. The second kappa shape index (κ2) is 10.3. The molecule has 0 bridgehead atoms. The Morgan fingerprint density at radius 2 is 1.88 bits per heavy atom. The summed E-state index contributed by atoms with van der Waals surface area (Å²) in [6, 6.07) is 9.07. The van der Waals surface area contributed by atoms with Crippen molar-refractivity contribution in [3.05, 3.63) is 41.5 Å². The first-order valence-electron chi connectivity index (χ1n) is 14.8. The summed E-state index contributed by atoms with van der Waals surface area (Å²) in [5.41, 5.74) is 10.6. The van der Waals surface area contributed by atoms with Gasteiger partial charge in [0.05, 0.1) is 23.0 Å². The fraction of sp³-hybridized carbons (Fsp3) is 0.500. The number of anilines is 1. The number of aromatic nitrogens is 4. The Hall–Kier alpha value is -3.58. The van der Waals surface area contributed by atoms with E-state index in [0.29, 0.717) is 42.1 Å². The molecule has 3 aliphatic rings. The van der Waals surface area contributed by atoms with Gasteiger partial charge in [-0.2, -0.15) is 13.1 Å². The first-order valence-corrected chi connectivity index (χ1v) is 16.7. The number of sulfonamides is 1. The van der Waals surface area contributed by atoms with Crippen molar-refractivity contribution in [3.63, 3.8) is 0 Å². The minimum Gasteiger partial charge on any atom is -0.337 e. The number of pyridine rings is 1. The average molecular weight is 612 g/mol. The van der Waals surface area contributed by atoms with Crippen molar-refractivity contribution in [2.45, 2.75) is 70.6 Å². The molecule has 1 saturated heterocycles. The van der Waals surface area contributed by atoms with Crippen LogP contribution in [0.15, 0.2) is 30.3 Å². The Bertz CT molecular complexity index is 1860. The minimum absolute atomic E-state index is 0.0184. The molecule has 1 amide bonds. The molecule has 43 heavy (non-hydrogen) atoms. The molecule has 2 aliphatic carbocycles. The van der Waals surface area contributed by atoms with E-state index in [1.807, 2.05) is 34.6 Å². The largest absolute Gasteiger partial charge is 0.337 e. The number of benzene rings is 1. The van der Waals surface area contributed by atoms with E-state index in [1.54, 1.807) is 6.07 Å². The molecule has 1 aliphatic heterocycles. The lowest BCUT2D eigenvalue weighted by Gasteiger charge is -2.31. The molecule has 0 radical (unpaired) electrons. The predicted molar refractivity (Wildman–Crippen MR) is 161 cm³/mol. The van der Waals surface area contributed by atoms with Crippen LogP contribution in [0.5, 0.6) is 0 Å². The third-order valence-electron chi connectivity index (χ3n) is 8.78. The number of rotatable bonds is 8. The van der Waals surface area contributed by atoms with Crippen molar-refractivity contribution in [1.29, 1.82) is 0 Å². The maximum absolute atomic E-state index is 13.9. The van der Waals surface area contributed by atoms with Gasteiger partial charge in [0.2, 0.25) is 10.0 Å². The number of aryl methyl sites for hydroxylation is 1. The molecular formula is C30H35F2N7O3S. The Balaban J connectivity index is 1.38. The van der Waals surface area contributed by atoms with E-state index >= 15 is 0 Å². The number of likely N-dealkylation sites (tertiary alicyclic amines) is 1. The molecule has 13 heteroatoms. The lowest BCUT2D eigenvalue weighted by molar-refractivity contribution is 0.0708. The number of halogens is 2. The van der Waals surface area contributed by atoms with Crippen LogP contribution in [0.3, 0.4) is 0 Å². The second-order valence-electron chi connectivity index (χ2n) is 12.3. The van der Waals surface area contributed by atoms with E-state index in [0.717, 1.165) is 72.9 Å². The molecule has 4 heterocycles. The van der Waals surface area contributed by atoms with Gasteiger partial charge in [0.1, 0.15) is 11.5 Å². The summed E-state index contributed by atoms with van der Waals surface area (Å²) in [4.78, 5) is 24.9. The molecule has 1 atom stereocenters. The number of carbonyl (C=O) groups excluding carboxylic acids is 1. The van der Waals surface area contributed by atoms with Crippen molar-refractivity contribution in [3.8, 4) is 11.5 Å². The van der Waals surface area contributed by atoms with Gasteiger partial charge >= 0.3 is 6.55 Å². The summed E-state index contributed by atoms with van der Waals surface area (Å²) < 4.78 is 56.4. The number of carbonyl (C=O) groups is 1. The molecule has 2 saturated carbocycles. The lowest BCUT2D eigenvalue weighted by Crippen LogP contribution is -2.45. The van der Waals surface area contributed by atoms with Crippen LogP contribution in [0, 0.1) is 12.8 Å². The van der Waals surface area contributed by atoms with Gasteiger partial charge in [-0.1, -0.05) is 0 Å². The third-order valence-corrected chi connectivity index (χ3v) is 9.84. The first kappa shape index (κ1) is 28.2. The lowest BCUT2D eigenvalue weighted by atomic mass is 10.0. The zero-order chi connectivity index (χ0) is 30.2. The van der Waals surface area contributed by atoms with Gasteiger partial charge < -0.3 is 19.8 Å². The molecule has 10 nitrogen and oxygen atoms in total. The molecule has 0 unspecified atom stereocenters. The summed E-state index contributed by atoms with van der Waals surface area (Å²) in [7, 11) is -4.25. The normalized spacial score (nSPS) is 19.6. The fourth-order valence-corrected chi connectivity index (χ4v) is 7.04. The number of nitrogens with zero attached hydrogens (tertiary/aromatic N) is 6. The van der Waals surface area contributed by atoms with Crippen LogP contribution in [0.25, 0.3) is 33.6 Å². The van der Waals surface area contributed by atoms with Crippen molar-refractivity contribution >= 4 is 43.8 Å². The van der Waals surface area contributed by atoms with Crippen LogP contribution >= 0.6 is 0 Å². The van der Waals surface area contributed by atoms with Gasteiger partial charge in [-0.3, -0.25) is 4.79 Å². The first-order chi connectivity index (χ1) is 20.5. The molecule has 4 aromatic rings. The second-order valence-corrected chi connectivity index (χ2v) is 14.2. The molecular weight excluding hydrogens is 576 g/mol. The Kier molecular flexibility index (Phi) is 6.73. The van der Waals surface area contributed by atoms with Crippen molar-refractivity contribution in [2.75, 3.05) is 23.7 Å². The molecule has 1 aromatic carbocycles. The number of nitrogens with two attached hydrogens (primary N) is 1. The number of imidazole rings is 1. The number of piperidine rings is 1. The van der Waals surface area contributed by atoms with Crippen LogP contribution in [-0.2, 0) is 16.6 Å². The quantitative estimate of drug-likeness (QED) is 0.290. The maximum Gasteiger partial charge on any atom is 0.329 e. The molecule has 3 fully saturated rings. The molecule has 228 valence electrons. The van der Waals surface area contributed by atoms with Gasteiger partial charge in [-0.25, -0.2) is 18.4 Å². The number of hydrogen-bond acceptors (Lipinski definition) is 6. The number of alkyl halides is 2. The number of fused-ring (bicyclic) bond motifs is 2. The van der Waals surface area contributed by atoms with E-state index in [4.69, 9.17) is 10.7 Å². The van der Waals surface area contributed by atoms with E-state index < -0.39 is 16.6 Å². The summed E-state index contributed by atoms with van der Waals surface area (Å²) in [5, 5.41) is 0.713. The van der Waals surface area contributed by atoms with Crippen LogP contribution in [0.2, 0.25) is 0 Å². The van der Waals surface area contributed by atoms with E-state index in [2.05, 4.69) is 9.55 Å². The Morgan fingerprint density at radius 1 is 1.12 bits per heavy atom. The highest BCUT2D eigenvalue weighted by atomic mass is 32.2. The molecule has 7 rings (SSSR count). The average Bonchev–Trinajstić information content (AvgIpc) is 3.87. The van der Waals surface area contributed by atoms with Gasteiger partial charge in [0.25, 0.3) is 5.91 Å². The Morgan fingerprint density at radius 3 is 2.53 bits per heavy atom. The van der Waals surface area contributed by atoms with Crippen molar-refractivity contribution in [2.24, 2.45) is 11.7 Å². The summed E-state index contributed by atoms with van der Waals surface area (Å²) >= 11 is 0. The zero-order valence-electron chi connectivity index (χ0n) is 24.2. The van der Waals surface area contributed by atoms with Gasteiger partial charge in [-0.05, 0) is 87.3 Å². The minimum atomic E-state index is -4.25. The Labute approximate surface area is 248 Å². The number of hydrogen-bond donors (Lipinski definition) is 1. The highest BCUT2D eigenvalue weighted by Crippen LogP contribution is 2.44. The SMILES string of the molecule is Cc1cc2c(cc1C(=O)N1CCC[C@@H](N)C1)nc(-c1cc3ccc(N(C(F)F)S(C)(=O)=O)nc3n1CC1CC1)n2C1CC1. The number of amides is 1. The van der Waals surface area contributed by atoms with Crippen LogP contribution in [-0.4, -0.2) is 70.3 Å². The third kappa shape index (κ3) is 5.16.